The van der Waals surface area contributed by atoms with Gasteiger partial charge >= 0.3 is 12.4 Å². The molecule has 0 bridgehead atoms. The van der Waals surface area contributed by atoms with E-state index in [1.807, 2.05) is 0 Å². The molecule has 39 heavy (non-hydrogen) atoms. The molecule has 2 aromatic rings. The van der Waals surface area contributed by atoms with Gasteiger partial charge in [-0.25, -0.2) is 5.06 Å². The second-order valence-corrected chi connectivity index (χ2v) is 9.88. The van der Waals surface area contributed by atoms with E-state index in [0.29, 0.717) is 5.56 Å². The summed E-state index contributed by atoms with van der Waals surface area (Å²) in [6, 6.07) is 7.69. The van der Waals surface area contributed by atoms with Crippen LogP contribution in [0.5, 0.6) is 0 Å². The Morgan fingerprint density at radius 1 is 1.13 bits per heavy atom. The highest BCUT2D eigenvalue weighted by molar-refractivity contribution is 6.34. The van der Waals surface area contributed by atoms with Gasteiger partial charge in [-0.1, -0.05) is 34.4 Å². The van der Waals surface area contributed by atoms with E-state index in [2.05, 4.69) is 10.5 Å². The van der Waals surface area contributed by atoms with E-state index in [9.17, 15) is 35.9 Å². The third-order valence-electron chi connectivity index (χ3n) is 6.09. The van der Waals surface area contributed by atoms with Crippen molar-refractivity contribution in [1.82, 2.24) is 10.4 Å². The summed E-state index contributed by atoms with van der Waals surface area (Å²) in [5.74, 6) is -1.48. The van der Waals surface area contributed by atoms with Crippen LogP contribution in [-0.2, 0) is 20.1 Å². The fourth-order valence-corrected chi connectivity index (χ4v) is 4.74. The molecule has 2 heterocycles. The number of carbonyl (C=O) groups is 2. The van der Waals surface area contributed by atoms with Gasteiger partial charge in [0, 0.05) is 34.1 Å². The van der Waals surface area contributed by atoms with Crippen LogP contribution in [-0.4, -0.2) is 54.1 Å². The molecule has 1 N–H and O–H groups in total. The number of halogens is 8. The predicted molar refractivity (Wildman–Crippen MR) is 127 cm³/mol. The van der Waals surface area contributed by atoms with Gasteiger partial charge in [0.2, 0.25) is 5.91 Å². The number of aryl methyl sites for hydroxylation is 1. The quantitative estimate of drug-likeness (QED) is 0.433. The number of oxime groups is 1. The lowest BCUT2D eigenvalue weighted by Gasteiger charge is -2.29. The largest absolute Gasteiger partial charge is 0.435 e. The summed E-state index contributed by atoms with van der Waals surface area (Å²) in [6.07, 6.45) is -11.5. The zero-order valence-corrected chi connectivity index (χ0v) is 21.4. The normalized spacial score (nSPS) is 21.7. The molecule has 1 saturated heterocycles. The molecule has 2 aliphatic rings. The Bertz CT molecular complexity index is 1310. The molecule has 210 valence electrons. The van der Waals surface area contributed by atoms with Crippen LogP contribution in [0.2, 0.25) is 10.0 Å². The third kappa shape index (κ3) is 6.25. The first-order valence-corrected chi connectivity index (χ1v) is 12.0. The number of hydrogen-bond acceptors (Lipinski definition) is 5. The van der Waals surface area contributed by atoms with Gasteiger partial charge in [0.1, 0.15) is 12.6 Å². The Morgan fingerprint density at radius 3 is 2.38 bits per heavy atom. The first kappa shape index (κ1) is 29.0. The molecule has 0 radical (unpaired) electrons. The minimum Gasteiger partial charge on any atom is -0.374 e. The number of hydrogen-bond donors (Lipinski definition) is 1. The Morgan fingerprint density at radius 2 is 1.79 bits per heavy atom. The average Bonchev–Trinajstić information content (AvgIpc) is 3.40. The van der Waals surface area contributed by atoms with Crippen molar-refractivity contribution < 1.29 is 45.6 Å². The number of rotatable bonds is 6. The summed E-state index contributed by atoms with van der Waals surface area (Å²) in [4.78, 5) is 34.3. The molecule has 4 rings (SSSR count). The molecular formula is C24H19Cl2F6N3O4. The molecule has 0 spiro atoms. The van der Waals surface area contributed by atoms with Crippen molar-refractivity contribution in [2.24, 2.45) is 5.16 Å². The third-order valence-corrected chi connectivity index (χ3v) is 6.53. The highest BCUT2D eigenvalue weighted by atomic mass is 35.5. The van der Waals surface area contributed by atoms with Crippen molar-refractivity contribution in [1.29, 1.82) is 0 Å². The first-order chi connectivity index (χ1) is 18.1. The van der Waals surface area contributed by atoms with Crippen LogP contribution in [0.4, 0.5) is 26.3 Å². The molecule has 2 amide bonds. The second-order valence-electron chi connectivity index (χ2n) is 9.01. The minimum atomic E-state index is -4.87. The summed E-state index contributed by atoms with van der Waals surface area (Å²) >= 11 is 11.8. The number of benzene rings is 2. The first-order valence-electron chi connectivity index (χ1n) is 11.3. The van der Waals surface area contributed by atoms with Crippen LogP contribution in [0.25, 0.3) is 0 Å². The maximum Gasteiger partial charge on any atom is 0.435 e. The van der Waals surface area contributed by atoms with Crippen molar-refractivity contribution in [2.45, 2.75) is 43.8 Å². The molecule has 7 nitrogen and oxygen atoms in total. The lowest BCUT2D eigenvalue weighted by molar-refractivity contribution is -0.275. The SMILES string of the molecule is Cc1cc(C2=NOC(c3cc(Cl)cc(Cl)c3)(C(F)(F)F)C2)ccc1C(=O)NCC1CC(=O)N(CC(F)(F)F)O1. The van der Waals surface area contributed by atoms with Crippen molar-refractivity contribution in [3.05, 3.63) is 68.7 Å². The molecule has 2 unspecified atom stereocenters. The molecular weight excluding hydrogens is 579 g/mol. The van der Waals surface area contributed by atoms with E-state index >= 15 is 0 Å². The molecule has 0 aromatic heterocycles. The number of amides is 2. The zero-order chi connectivity index (χ0) is 28.8. The van der Waals surface area contributed by atoms with Gasteiger partial charge in [0.25, 0.3) is 11.5 Å². The maximum absolute atomic E-state index is 14.2. The molecule has 0 saturated carbocycles. The van der Waals surface area contributed by atoms with Crippen LogP contribution < -0.4 is 5.32 Å². The lowest BCUT2D eigenvalue weighted by atomic mass is 9.86. The van der Waals surface area contributed by atoms with Crippen LogP contribution >= 0.6 is 23.2 Å². The van der Waals surface area contributed by atoms with Crippen LogP contribution in [0.3, 0.4) is 0 Å². The van der Waals surface area contributed by atoms with E-state index in [1.165, 1.54) is 24.3 Å². The zero-order valence-electron chi connectivity index (χ0n) is 19.9. The van der Waals surface area contributed by atoms with E-state index in [0.717, 1.165) is 12.1 Å². The molecule has 2 aromatic carbocycles. The monoisotopic (exact) mass is 597 g/mol. The average molecular weight is 598 g/mol. The number of hydroxylamine groups is 2. The minimum absolute atomic E-state index is 0.00943. The van der Waals surface area contributed by atoms with E-state index in [1.54, 1.807) is 6.92 Å². The lowest BCUT2D eigenvalue weighted by Crippen LogP contribution is -2.42. The summed E-state index contributed by atoms with van der Waals surface area (Å²) in [7, 11) is 0. The maximum atomic E-state index is 14.2. The van der Waals surface area contributed by atoms with Crippen molar-refractivity contribution in [3.8, 4) is 0 Å². The second kappa shape index (κ2) is 10.5. The van der Waals surface area contributed by atoms with E-state index < -0.39 is 48.8 Å². The smallest absolute Gasteiger partial charge is 0.374 e. The van der Waals surface area contributed by atoms with Crippen molar-refractivity contribution in [2.75, 3.05) is 13.1 Å². The van der Waals surface area contributed by atoms with E-state index in [-0.39, 0.29) is 50.5 Å². The van der Waals surface area contributed by atoms with Gasteiger partial charge in [-0.15, -0.1) is 0 Å². The van der Waals surface area contributed by atoms with Crippen molar-refractivity contribution in [3.63, 3.8) is 0 Å². The summed E-state index contributed by atoms with van der Waals surface area (Å²) in [5.41, 5.74) is -2.36. The number of carbonyl (C=O) groups excluding carboxylic acids is 2. The summed E-state index contributed by atoms with van der Waals surface area (Å²) in [5, 5.41) is 6.36. The molecule has 2 atom stereocenters. The highest BCUT2D eigenvalue weighted by Crippen LogP contribution is 2.49. The van der Waals surface area contributed by atoms with Gasteiger partial charge < -0.3 is 10.2 Å². The fourth-order valence-electron chi connectivity index (χ4n) is 4.22. The fraction of sp³-hybridized carbons (Fsp3) is 0.375. The van der Waals surface area contributed by atoms with Crippen LogP contribution in [0, 0.1) is 6.92 Å². The van der Waals surface area contributed by atoms with Gasteiger partial charge in [-0.2, -0.15) is 26.3 Å². The van der Waals surface area contributed by atoms with Crippen LogP contribution in [0.1, 0.15) is 39.9 Å². The Labute approximate surface area is 227 Å². The Kier molecular flexibility index (Phi) is 7.80. The number of nitrogens with one attached hydrogen (secondary N) is 1. The van der Waals surface area contributed by atoms with Gasteiger partial charge in [0.15, 0.2) is 0 Å². The van der Waals surface area contributed by atoms with Crippen LogP contribution in [0.15, 0.2) is 41.6 Å². The Balaban J connectivity index is 1.45. The van der Waals surface area contributed by atoms with Gasteiger partial charge in [-0.3, -0.25) is 14.4 Å². The summed E-state index contributed by atoms with van der Waals surface area (Å²) < 4.78 is 80.2. The number of nitrogens with zero attached hydrogens (tertiary/aromatic N) is 2. The molecule has 2 aliphatic heterocycles. The van der Waals surface area contributed by atoms with Gasteiger partial charge in [-0.05, 0) is 48.4 Å². The topological polar surface area (TPSA) is 80.2 Å². The van der Waals surface area contributed by atoms with Crippen molar-refractivity contribution >= 4 is 40.7 Å². The molecule has 15 heteroatoms. The van der Waals surface area contributed by atoms with Gasteiger partial charge in [0.05, 0.1) is 12.1 Å². The number of alkyl halides is 6. The molecule has 0 aliphatic carbocycles. The Hall–Kier alpha value is -3.03. The van der Waals surface area contributed by atoms with E-state index in [4.69, 9.17) is 32.9 Å². The standard InChI is InChI=1S/C24H19Cl2F6N3O4/c1-12-4-13(19-9-22(39-34-19,24(30,31)32)14-5-15(25)7-16(26)6-14)2-3-18(12)21(37)33-10-17-8-20(36)35(38-17)11-23(27,28)29/h2-7,17H,8-11H2,1H3,(H,33,37). The summed E-state index contributed by atoms with van der Waals surface area (Å²) in [6.45, 7) is -0.259. The molecule has 1 fully saturated rings. The highest BCUT2D eigenvalue weighted by Gasteiger charge is 2.62. The predicted octanol–water partition coefficient (Wildman–Crippen LogP) is 5.71.